The number of nitrogens with one attached hydrogen (secondary N) is 1. The van der Waals surface area contributed by atoms with Crippen molar-refractivity contribution in [1.29, 1.82) is 0 Å². The second kappa shape index (κ2) is 8.52. The Morgan fingerprint density at radius 1 is 1.06 bits per heavy atom. The lowest BCUT2D eigenvalue weighted by Crippen LogP contribution is -2.27. The fourth-order valence-corrected chi connectivity index (χ4v) is 5.16. The van der Waals surface area contributed by atoms with Gasteiger partial charge < -0.3 is 14.8 Å². The molecule has 2 aromatic heterocycles. The SMILES string of the molecule is Cn1c(Nc2nc3ccc(Cl)cc3s2)nc2cc(C(=O)CCC(=O)N3CCCC3)ccc21. The smallest absolute Gasteiger partial charge is 0.223 e. The van der Waals surface area contributed by atoms with E-state index in [9.17, 15) is 9.59 Å². The molecule has 0 atom stereocenters. The first-order valence-electron chi connectivity index (χ1n) is 10.6. The van der Waals surface area contributed by atoms with Crippen LogP contribution in [0.5, 0.6) is 0 Å². The highest BCUT2D eigenvalue weighted by Gasteiger charge is 2.19. The molecule has 164 valence electrons. The third kappa shape index (κ3) is 4.08. The average molecular weight is 468 g/mol. The first-order valence-corrected chi connectivity index (χ1v) is 11.8. The molecule has 0 aliphatic carbocycles. The fourth-order valence-electron chi connectivity index (χ4n) is 4.02. The van der Waals surface area contributed by atoms with Crippen molar-refractivity contribution in [2.24, 2.45) is 7.05 Å². The molecular weight excluding hydrogens is 446 g/mol. The van der Waals surface area contributed by atoms with Crippen molar-refractivity contribution in [2.75, 3.05) is 18.4 Å². The van der Waals surface area contributed by atoms with Crippen molar-refractivity contribution in [2.45, 2.75) is 25.7 Å². The van der Waals surface area contributed by atoms with E-state index in [4.69, 9.17) is 11.6 Å². The molecule has 1 saturated heterocycles. The van der Waals surface area contributed by atoms with Crippen molar-refractivity contribution >= 4 is 67.0 Å². The number of carbonyl (C=O) groups is 2. The summed E-state index contributed by atoms with van der Waals surface area (Å²) in [6.45, 7) is 1.62. The number of Topliss-reactive ketones (excluding diaryl/α,β-unsaturated/α-hetero) is 1. The second-order valence-electron chi connectivity index (χ2n) is 7.97. The number of imidazole rings is 1. The highest BCUT2D eigenvalue weighted by molar-refractivity contribution is 7.22. The van der Waals surface area contributed by atoms with Gasteiger partial charge in [-0.3, -0.25) is 9.59 Å². The Kier molecular flexibility index (Phi) is 5.57. The molecule has 0 spiro atoms. The van der Waals surface area contributed by atoms with Gasteiger partial charge in [-0.15, -0.1) is 0 Å². The van der Waals surface area contributed by atoms with Crippen molar-refractivity contribution in [1.82, 2.24) is 19.4 Å². The van der Waals surface area contributed by atoms with E-state index in [1.54, 1.807) is 12.1 Å². The standard InChI is InChI=1S/C23H22ClN5O2S/c1-28-18-7-4-14(19(30)8-9-21(31)29-10-2-3-11-29)12-17(18)25-22(28)27-23-26-16-6-5-15(24)13-20(16)32-23/h4-7,12-13H,2-3,8-11H2,1H3,(H,25,26,27). The monoisotopic (exact) mass is 467 g/mol. The minimum Gasteiger partial charge on any atom is -0.343 e. The van der Waals surface area contributed by atoms with Crippen LogP contribution in [-0.4, -0.2) is 44.2 Å². The molecule has 7 nitrogen and oxygen atoms in total. The third-order valence-electron chi connectivity index (χ3n) is 5.80. The van der Waals surface area contributed by atoms with E-state index in [0.717, 1.165) is 52.3 Å². The van der Waals surface area contributed by atoms with Gasteiger partial charge in [-0.25, -0.2) is 9.97 Å². The molecule has 0 radical (unpaired) electrons. The Labute approximate surface area is 194 Å². The summed E-state index contributed by atoms with van der Waals surface area (Å²) in [6, 6.07) is 11.1. The quantitative estimate of drug-likeness (QED) is 0.396. The molecule has 2 aromatic carbocycles. The van der Waals surface area contributed by atoms with Crippen molar-refractivity contribution in [3.05, 3.63) is 47.0 Å². The molecule has 1 aliphatic heterocycles. The van der Waals surface area contributed by atoms with Gasteiger partial charge in [0.05, 0.1) is 21.3 Å². The summed E-state index contributed by atoms with van der Waals surface area (Å²) in [6.07, 6.45) is 2.58. The maximum absolute atomic E-state index is 12.7. The molecule has 0 saturated carbocycles. The topological polar surface area (TPSA) is 80.1 Å². The van der Waals surface area contributed by atoms with Gasteiger partial charge in [0.15, 0.2) is 10.9 Å². The van der Waals surface area contributed by atoms with Gasteiger partial charge >= 0.3 is 0 Å². The highest BCUT2D eigenvalue weighted by atomic mass is 35.5. The Hall–Kier alpha value is -2.97. The summed E-state index contributed by atoms with van der Waals surface area (Å²) in [5.41, 5.74) is 3.07. The summed E-state index contributed by atoms with van der Waals surface area (Å²) in [5, 5.41) is 4.67. The number of nitrogens with zero attached hydrogens (tertiary/aromatic N) is 4. The van der Waals surface area contributed by atoms with Gasteiger partial charge in [0.2, 0.25) is 11.9 Å². The van der Waals surface area contributed by atoms with E-state index >= 15 is 0 Å². The number of likely N-dealkylation sites (tertiary alicyclic amines) is 1. The Bertz CT molecular complexity index is 1340. The number of anilines is 2. The fraction of sp³-hybridized carbons (Fsp3) is 0.304. The lowest BCUT2D eigenvalue weighted by Gasteiger charge is -2.14. The molecule has 1 amide bonds. The highest BCUT2D eigenvalue weighted by Crippen LogP contribution is 2.31. The van der Waals surface area contributed by atoms with E-state index in [1.807, 2.05) is 40.8 Å². The van der Waals surface area contributed by atoms with Crippen LogP contribution in [0.1, 0.15) is 36.0 Å². The molecule has 32 heavy (non-hydrogen) atoms. The van der Waals surface area contributed by atoms with Crippen LogP contribution in [0, 0.1) is 0 Å². The molecule has 9 heteroatoms. The van der Waals surface area contributed by atoms with Gasteiger partial charge in [-0.2, -0.15) is 0 Å². The number of hydrogen-bond donors (Lipinski definition) is 1. The van der Waals surface area contributed by atoms with Gasteiger partial charge in [0.25, 0.3) is 0 Å². The Morgan fingerprint density at radius 3 is 2.69 bits per heavy atom. The zero-order valence-corrected chi connectivity index (χ0v) is 19.2. The number of halogens is 1. The summed E-state index contributed by atoms with van der Waals surface area (Å²) >= 11 is 7.58. The summed E-state index contributed by atoms with van der Waals surface area (Å²) in [4.78, 5) is 36.0. The molecule has 1 aliphatic rings. The van der Waals surface area contributed by atoms with Crippen LogP contribution in [0.15, 0.2) is 36.4 Å². The molecule has 4 aromatic rings. The van der Waals surface area contributed by atoms with Crippen molar-refractivity contribution in [3.8, 4) is 0 Å². The number of ketones is 1. The van der Waals surface area contributed by atoms with Gasteiger partial charge in [-0.05, 0) is 49.2 Å². The van der Waals surface area contributed by atoms with Crippen molar-refractivity contribution in [3.63, 3.8) is 0 Å². The van der Waals surface area contributed by atoms with Gasteiger partial charge in [0, 0.05) is 43.6 Å². The van der Waals surface area contributed by atoms with Crippen LogP contribution >= 0.6 is 22.9 Å². The number of thiazole rings is 1. The zero-order valence-electron chi connectivity index (χ0n) is 17.6. The maximum Gasteiger partial charge on any atom is 0.223 e. The number of hydrogen-bond acceptors (Lipinski definition) is 6. The Morgan fingerprint density at radius 2 is 1.88 bits per heavy atom. The van der Waals surface area contributed by atoms with Crippen LogP contribution in [0.25, 0.3) is 21.3 Å². The van der Waals surface area contributed by atoms with E-state index in [-0.39, 0.29) is 24.5 Å². The van der Waals surface area contributed by atoms with Crippen LogP contribution in [-0.2, 0) is 11.8 Å². The minimum atomic E-state index is -0.0392. The summed E-state index contributed by atoms with van der Waals surface area (Å²) in [7, 11) is 1.91. The summed E-state index contributed by atoms with van der Waals surface area (Å²) < 4.78 is 2.93. The third-order valence-corrected chi connectivity index (χ3v) is 6.97. The Balaban J connectivity index is 1.32. The minimum absolute atomic E-state index is 0.0392. The number of benzene rings is 2. The van der Waals surface area contributed by atoms with Crippen LogP contribution in [0.4, 0.5) is 11.1 Å². The second-order valence-corrected chi connectivity index (χ2v) is 9.43. The number of amides is 1. The van der Waals surface area contributed by atoms with Gasteiger partial charge in [0.1, 0.15) is 0 Å². The lowest BCUT2D eigenvalue weighted by molar-refractivity contribution is -0.130. The molecule has 1 fully saturated rings. The van der Waals surface area contributed by atoms with Crippen LogP contribution < -0.4 is 5.32 Å². The van der Waals surface area contributed by atoms with Crippen LogP contribution in [0.2, 0.25) is 5.02 Å². The van der Waals surface area contributed by atoms with E-state index in [2.05, 4.69) is 15.3 Å². The number of aromatic nitrogens is 3. The molecule has 1 N–H and O–H groups in total. The first-order chi connectivity index (χ1) is 15.5. The normalized spacial score (nSPS) is 13.9. The largest absolute Gasteiger partial charge is 0.343 e. The van der Waals surface area contributed by atoms with Crippen LogP contribution in [0.3, 0.4) is 0 Å². The number of aryl methyl sites for hydroxylation is 1. The molecular formula is C23H22ClN5O2S. The molecule has 0 bridgehead atoms. The number of fused-ring (bicyclic) bond motifs is 2. The van der Waals surface area contributed by atoms with E-state index in [0.29, 0.717) is 16.5 Å². The van der Waals surface area contributed by atoms with Crippen molar-refractivity contribution < 1.29 is 9.59 Å². The molecule has 3 heterocycles. The maximum atomic E-state index is 12.7. The zero-order chi connectivity index (χ0) is 22.2. The predicted octanol–water partition coefficient (Wildman–Crippen LogP) is 5.17. The van der Waals surface area contributed by atoms with Gasteiger partial charge in [-0.1, -0.05) is 22.9 Å². The van der Waals surface area contributed by atoms with E-state index < -0.39 is 0 Å². The average Bonchev–Trinajstić information content (AvgIpc) is 3.51. The molecule has 5 rings (SSSR count). The van der Waals surface area contributed by atoms with E-state index in [1.165, 1.54) is 11.3 Å². The number of rotatable bonds is 6. The predicted molar refractivity (Wildman–Crippen MR) is 128 cm³/mol. The first kappa shape index (κ1) is 20.9. The molecule has 0 unspecified atom stereocenters. The number of carbonyl (C=O) groups excluding carboxylic acids is 2. The summed E-state index contributed by atoms with van der Waals surface area (Å²) in [5.74, 6) is 0.667. The lowest BCUT2D eigenvalue weighted by atomic mass is 10.1.